The van der Waals surface area contributed by atoms with E-state index in [1.54, 1.807) is 23.1 Å². The summed E-state index contributed by atoms with van der Waals surface area (Å²) in [5.41, 5.74) is 2.69. The number of carbonyl (C=O) groups excluding carboxylic acids is 1. The van der Waals surface area contributed by atoms with Crippen LogP contribution in [0.2, 0.25) is 0 Å². The molecule has 7 nitrogen and oxygen atoms in total. The Morgan fingerprint density at radius 1 is 1.15 bits per heavy atom. The highest BCUT2D eigenvalue weighted by Gasteiger charge is 2.28. The molecule has 26 heavy (non-hydrogen) atoms. The van der Waals surface area contributed by atoms with Gasteiger partial charge in [0.05, 0.1) is 4.92 Å². The molecule has 1 heterocycles. The maximum absolute atomic E-state index is 12.2. The third kappa shape index (κ3) is 3.93. The highest BCUT2D eigenvalue weighted by Crippen LogP contribution is 2.31. The van der Waals surface area contributed by atoms with Crippen LogP contribution in [0, 0.1) is 10.1 Å². The molecule has 0 atom stereocenters. The van der Waals surface area contributed by atoms with Gasteiger partial charge in [0.1, 0.15) is 11.3 Å². The normalized spacial score (nSPS) is 13.3. The van der Waals surface area contributed by atoms with E-state index >= 15 is 0 Å². The number of nitro benzene ring substituents is 1. The van der Waals surface area contributed by atoms with Crippen LogP contribution in [0.4, 0.5) is 21.9 Å². The fraction of sp³-hybridized carbons (Fsp3) is 0.316. The first-order chi connectivity index (χ1) is 12.2. The second-order valence-corrected chi connectivity index (χ2v) is 7.22. The number of carbonyl (C=O) groups is 1. The Morgan fingerprint density at radius 2 is 1.85 bits per heavy atom. The highest BCUT2D eigenvalue weighted by molar-refractivity contribution is 5.72. The van der Waals surface area contributed by atoms with Crippen molar-refractivity contribution in [2.75, 3.05) is 5.32 Å². The van der Waals surface area contributed by atoms with E-state index in [9.17, 15) is 14.9 Å². The Kier molecular flexibility index (Phi) is 4.54. The lowest BCUT2D eigenvalue weighted by Gasteiger charge is -2.24. The number of rotatable bonds is 3. The summed E-state index contributed by atoms with van der Waals surface area (Å²) in [7, 11) is 0. The molecular weight excluding hydrogens is 334 g/mol. The molecule has 1 N–H and O–H groups in total. The number of para-hydroxylation sites is 2. The topological polar surface area (TPSA) is 84.7 Å². The van der Waals surface area contributed by atoms with E-state index in [0.29, 0.717) is 18.8 Å². The van der Waals surface area contributed by atoms with Crippen molar-refractivity contribution in [2.45, 2.75) is 39.5 Å². The Hall–Kier alpha value is -3.09. The quantitative estimate of drug-likeness (QED) is 0.643. The first kappa shape index (κ1) is 17.7. The highest BCUT2D eigenvalue weighted by atomic mass is 16.6. The van der Waals surface area contributed by atoms with Gasteiger partial charge >= 0.3 is 6.09 Å². The van der Waals surface area contributed by atoms with Crippen molar-refractivity contribution < 1.29 is 14.5 Å². The standard InChI is InChI=1S/C19H21N3O4/c1-19(2,3)26-18(23)21-11-13-8-9-15(10-14(13)12-21)20-16-6-4-5-7-17(16)22(24)25/h4-10,20H,11-12H2,1-3H3. The number of nitrogens with one attached hydrogen (secondary N) is 1. The molecule has 0 aliphatic carbocycles. The molecule has 0 bridgehead atoms. The first-order valence-corrected chi connectivity index (χ1v) is 8.33. The van der Waals surface area contributed by atoms with Gasteiger partial charge in [-0.3, -0.25) is 15.0 Å². The molecule has 3 rings (SSSR count). The van der Waals surface area contributed by atoms with E-state index in [2.05, 4.69) is 5.32 Å². The third-order valence-electron chi connectivity index (χ3n) is 3.96. The SMILES string of the molecule is CC(C)(C)OC(=O)N1Cc2ccc(Nc3ccccc3[N+](=O)[O-])cc2C1. The van der Waals surface area contributed by atoms with Crippen molar-refractivity contribution in [3.63, 3.8) is 0 Å². The van der Waals surface area contributed by atoms with Crippen molar-refractivity contribution >= 4 is 23.2 Å². The lowest BCUT2D eigenvalue weighted by atomic mass is 10.1. The Morgan fingerprint density at radius 3 is 2.54 bits per heavy atom. The monoisotopic (exact) mass is 355 g/mol. The second kappa shape index (κ2) is 6.67. The van der Waals surface area contributed by atoms with Crippen molar-refractivity contribution in [1.82, 2.24) is 4.90 Å². The molecule has 0 spiro atoms. The van der Waals surface area contributed by atoms with E-state index in [0.717, 1.165) is 16.8 Å². The van der Waals surface area contributed by atoms with Crippen LogP contribution < -0.4 is 5.32 Å². The van der Waals surface area contributed by atoms with Crippen LogP contribution in [0.3, 0.4) is 0 Å². The predicted octanol–water partition coefficient (Wildman–Crippen LogP) is 4.59. The second-order valence-electron chi connectivity index (χ2n) is 7.22. The van der Waals surface area contributed by atoms with Gasteiger partial charge in [0, 0.05) is 24.8 Å². The number of amides is 1. The summed E-state index contributed by atoms with van der Waals surface area (Å²) in [4.78, 5) is 24.6. The third-order valence-corrected chi connectivity index (χ3v) is 3.96. The molecule has 2 aromatic rings. The number of nitrogens with zero attached hydrogens (tertiary/aromatic N) is 2. The molecule has 1 aliphatic rings. The molecule has 136 valence electrons. The van der Waals surface area contributed by atoms with Crippen molar-refractivity contribution in [2.24, 2.45) is 0 Å². The maximum atomic E-state index is 12.2. The number of benzene rings is 2. The fourth-order valence-corrected chi connectivity index (χ4v) is 2.82. The zero-order valence-corrected chi connectivity index (χ0v) is 15.0. The molecular formula is C19H21N3O4. The van der Waals surface area contributed by atoms with E-state index in [1.807, 2.05) is 39.0 Å². The molecule has 0 radical (unpaired) electrons. The largest absolute Gasteiger partial charge is 0.444 e. The molecule has 0 fully saturated rings. The number of nitro groups is 1. The zero-order valence-electron chi connectivity index (χ0n) is 15.0. The molecule has 0 aromatic heterocycles. The van der Waals surface area contributed by atoms with Gasteiger partial charge in [-0.25, -0.2) is 4.79 Å². The zero-order chi connectivity index (χ0) is 18.9. The number of fused-ring (bicyclic) bond motifs is 1. The lowest BCUT2D eigenvalue weighted by Crippen LogP contribution is -2.33. The van der Waals surface area contributed by atoms with Crippen LogP contribution in [0.5, 0.6) is 0 Å². The van der Waals surface area contributed by atoms with Gasteiger partial charge in [-0.05, 0) is 50.1 Å². The van der Waals surface area contributed by atoms with Crippen molar-refractivity contribution in [3.8, 4) is 0 Å². The van der Waals surface area contributed by atoms with Gasteiger partial charge in [0.25, 0.3) is 5.69 Å². The number of ether oxygens (including phenoxy) is 1. The van der Waals surface area contributed by atoms with Gasteiger partial charge < -0.3 is 10.1 Å². The van der Waals surface area contributed by atoms with Crippen LogP contribution in [-0.4, -0.2) is 21.5 Å². The van der Waals surface area contributed by atoms with Gasteiger partial charge in [-0.1, -0.05) is 18.2 Å². The van der Waals surface area contributed by atoms with Crippen LogP contribution in [0.15, 0.2) is 42.5 Å². The lowest BCUT2D eigenvalue weighted by molar-refractivity contribution is -0.383. The number of hydrogen-bond acceptors (Lipinski definition) is 5. The average molecular weight is 355 g/mol. The smallest absolute Gasteiger partial charge is 0.410 e. The summed E-state index contributed by atoms with van der Waals surface area (Å²) in [5.74, 6) is 0. The summed E-state index contributed by atoms with van der Waals surface area (Å²) in [6.45, 7) is 6.46. The van der Waals surface area contributed by atoms with Crippen molar-refractivity contribution in [1.29, 1.82) is 0 Å². The maximum Gasteiger partial charge on any atom is 0.410 e. The van der Waals surface area contributed by atoms with Crippen LogP contribution in [0.25, 0.3) is 0 Å². The van der Waals surface area contributed by atoms with E-state index in [-0.39, 0.29) is 11.8 Å². The van der Waals surface area contributed by atoms with Gasteiger partial charge in [0.15, 0.2) is 0 Å². The van der Waals surface area contributed by atoms with Gasteiger partial charge in [-0.2, -0.15) is 0 Å². The molecule has 2 aromatic carbocycles. The molecule has 1 aliphatic heterocycles. The van der Waals surface area contributed by atoms with E-state index < -0.39 is 10.5 Å². The molecule has 7 heteroatoms. The Bertz CT molecular complexity index is 858. The molecule has 0 unspecified atom stereocenters. The summed E-state index contributed by atoms with van der Waals surface area (Å²) in [6.07, 6.45) is -0.345. The molecule has 0 saturated heterocycles. The Balaban J connectivity index is 1.76. The van der Waals surface area contributed by atoms with Crippen LogP contribution in [0.1, 0.15) is 31.9 Å². The van der Waals surface area contributed by atoms with E-state index in [4.69, 9.17) is 4.74 Å². The Labute approximate surface area is 151 Å². The minimum Gasteiger partial charge on any atom is -0.444 e. The predicted molar refractivity (Wildman–Crippen MR) is 98.3 cm³/mol. The fourth-order valence-electron chi connectivity index (χ4n) is 2.82. The minimum absolute atomic E-state index is 0.0170. The minimum atomic E-state index is -0.537. The van der Waals surface area contributed by atoms with E-state index in [1.165, 1.54) is 6.07 Å². The summed E-state index contributed by atoms with van der Waals surface area (Å²) in [6, 6.07) is 12.2. The van der Waals surface area contributed by atoms with Crippen LogP contribution in [-0.2, 0) is 17.8 Å². The average Bonchev–Trinajstić information content (AvgIpc) is 2.97. The number of anilines is 2. The van der Waals surface area contributed by atoms with Crippen molar-refractivity contribution in [3.05, 3.63) is 63.7 Å². The number of hydrogen-bond donors (Lipinski definition) is 1. The summed E-state index contributed by atoms with van der Waals surface area (Å²) >= 11 is 0. The summed E-state index contributed by atoms with van der Waals surface area (Å²) in [5, 5.41) is 14.2. The van der Waals surface area contributed by atoms with Gasteiger partial charge in [-0.15, -0.1) is 0 Å². The molecule has 1 amide bonds. The van der Waals surface area contributed by atoms with Gasteiger partial charge in [0.2, 0.25) is 0 Å². The van der Waals surface area contributed by atoms with Crippen LogP contribution >= 0.6 is 0 Å². The summed E-state index contributed by atoms with van der Waals surface area (Å²) < 4.78 is 5.42. The first-order valence-electron chi connectivity index (χ1n) is 8.33. The molecule has 0 saturated carbocycles.